The molecule has 0 saturated carbocycles. The third-order valence-electron chi connectivity index (χ3n) is 4.54. The van der Waals surface area contributed by atoms with Crippen molar-refractivity contribution in [2.75, 3.05) is 6.54 Å². The van der Waals surface area contributed by atoms with Crippen molar-refractivity contribution in [3.05, 3.63) is 47.5 Å². The zero-order valence-electron chi connectivity index (χ0n) is 13.2. The molecule has 1 aliphatic rings. The van der Waals surface area contributed by atoms with Gasteiger partial charge in [0.2, 0.25) is 0 Å². The average molecular weight is 298 g/mol. The van der Waals surface area contributed by atoms with Crippen LogP contribution in [0.2, 0.25) is 0 Å². The number of hydrogen-bond acceptors (Lipinski definition) is 4. The molecule has 5 heteroatoms. The van der Waals surface area contributed by atoms with Crippen LogP contribution in [0, 0.1) is 6.92 Å². The molecule has 5 nitrogen and oxygen atoms in total. The Balaban J connectivity index is 1.66. The molecule has 0 spiro atoms. The summed E-state index contributed by atoms with van der Waals surface area (Å²) in [6.45, 7) is 3.75. The van der Waals surface area contributed by atoms with Crippen molar-refractivity contribution in [2.24, 2.45) is 7.05 Å². The number of carbonyl (C=O) groups is 1. The van der Waals surface area contributed by atoms with E-state index in [2.05, 4.69) is 15.1 Å². The summed E-state index contributed by atoms with van der Waals surface area (Å²) < 4.78 is 2.02. The number of rotatable bonds is 5. The second kappa shape index (κ2) is 6.40. The third kappa shape index (κ3) is 3.09. The van der Waals surface area contributed by atoms with Crippen LogP contribution < -0.4 is 0 Å². The molecular weight excluding hydrogens is 276 g/mol. The first-order valence-corrected chi connectivity index (χ1v) is 7.82. The quantitative estimate of drug-likeness (QED) is 0.795. The number of nitrogens with zero attached hydrogens (tertiary/aromatic N) is 4. The van der Waals surface area contributed by atoms with Crippen molar-refractivity contribution in [3.8, 4) is 0 Å². The molecule has 3 rings (SSSR count). The van der Waals surface area contributed by atoms with Crippen LogP contribution in [0.1, 0.15) is 41.3 Å². The fourth-order valence-corrected chi connectivity index (χ4v) is 3.06. The average Bonchev–Trinajstić information content (AvgIpc) is 3.10. The van der Waals surface area contributed by atoms with Gasteiger partial charge in [-0.25, -0.2) is 0 Å². The maximum absolute atomic E-state index is 12.4. The van der Waals surface area contributed by atoms with E-state index in [1.54, 1.807) is 0 Å². The molecule has 22 heavy (non-hydrogen) atoms. The number of carbonyl (C=O) groups excluding carboxylic acids is 1. The number of aryl methyl sites for hydroxylation is 1. The highest BCUT2D eigenvalue weighted by molar-refractivity contribution is 5.96. The fourth-order valence-electron chi connectivity index (χ4n) is 3.06. The van der Waals surface area contributed by atoms with Crippen LogP contribution in [-0.4, -0.2) is 38.0 Å². The van der Waals surface area contributed by atoms with Gasteiger partial charge in [-0.05, 0) is 26.3 Å². The Morgan fingerprint density at radius 1 is 1.27 bits per heavy atom. The molecule has 1 fully saturated rings. The van der Waals surface area contributed by atoms with E-state index in [-0.39, 0.29) is 5.78 Å². The van der Waals surface area contributed by atoms with E-state index in [0.717, 1.165) is 43.1 Å². The lowest BCUT2D eigenvalue weighted by Gasteiger charge is -2.23. The smallest absolute Gasteiger partial charge is 0.164 e. The molecule has 1 unspecified atom stereocenters. The van der Waals surface area contributed by atoms with E-state index in [1.807, 2.05) is 48.9 Å². The Kier molecular flexibility index (Phi) is 4.34. The SMILES string of the molecule is Cc1nnc(CN2CCCC2CC(=O)c2ccccc2)n1C. The summed E-state index contributed by atoms with van der Waals surface area (Å²) in [5.74, 6) is 2.12. The van der Waals surface area contributed by atoms with Gasteiger partial charge >= 0.3 is 0 Å². The molecule has 1 atom stereocenters. The highest BCUT2D eigenvalue weighted by Gasteiger charge is 2.28. The van der Waals surface area contributed by atoms with Crippen molar-refractivity contribution in [1.82, 2.24) is 19.7 Å². The molecule has 1 aromatic carbocycles. The summed E-state index contributed by atoms with van der Waals surface area (Å²) in [7, 11) is 1.99. The predicted octanol–water partition coefficient (Wildman–Crippen LogP) is 2.36. The number of hydrogen-bond donors (Lipinski definition) is 0. The number of Topliss-reactive ketones (excluding diaryl/α,β-unsaturated/α-hetero) is 1. The molecule has 0 aliphatic carbocycles. The Morgan fingerprint density at radius 2 is 2.05 bits per heavy atom. The minimum Gasteiger partial charge on any atom is -0.317 e. The van der Waals surface area contributed by atoms with Gasteiger partial charge in [0.15, 0.2) is 5.78 Å². The lowest BCUT2D eigenvalue weighted by Crippen LogP contribution is -2.32. The molecule has 2 aromatic rings. The second-order valence-corrected chi connectivity index (χ2v) is 5.98. The Hall–Kier alpha value is -2.01. The van der Waals surface area contributed by atoms with E-state index in [1.165, 1.54) is 0 Å². The van der Waals surface area contributed by atoms with Crippen LogP contribution in [0.4, 0.5) is 0 Å². The van der Waals surface area contributed by atoms with E-state index in [9.17, 15) is 4.79 Å². The molecule has 0 radical (unpaired) electrons. The molecule has 1 saturated heterocycles. The van der Waals surface area contributed by atoms with E-state index in [0.29, 0.717) is 12.5 Å². The Morgan fingerprint density at radius 3 is 2.73 bits per heavy atom. The molecule has 0 amide bonds. The van der Waals surface area contributed by atoms with Gasteiger partial charge in [-0.15, -0.1) is 10.2 Å². The minimum absolute atomic E-state index is 0.228. The van der Waals surface area contributed by atoms with Gasteiger partial charge in [-0.1, -0.05) is 30.3 Å². The van der Waals surface area contributed by atoms with Crippen LogP contribution in [0.3, 0.4) is 0 Å². The maximum Gasteiger partial charge on any atom is 0.164 e. The number of ketones is 1. The van der Waals surface area contributed by atoms with Crippen molar-refractivity contribution in [3.63, 3.8) is 0 Å². The second-order valence-electron chi connectivity index (χ2n) is 5.98. The van der Waals surface area contributed by atoms with Crippen LogP contribution >= 0.6 is 0 Å². The first kappa shape index (κ1) is 14.9. The summed E-state index contributed by atoms with van der Waals surface area (Å²) >= 11 is 0. The van der Waals surface area contributed by atoms with Crippen LogP contribution in [0.15, 0.2) is 30.3 Å². The highest BCUT2D eigenvalue weighted by Crippen LogP contribution is 2.23. The monoisotopic (exact) mass is 298 g/mol. The van der Waals surface area contributed by atoms with Crippen LogP contribution in [0.25, 0.3) is 0 Å². The first-order valence-electron chi connectivity index (χ1n) is 7.82. The summed E-state index contributed by atoms with van der Waals surface area (Å²) in [4.78, 5) is 14.8. The highest BCUT2D eigenvalue weighted by atomic mass is 16.1. The van der Waals surface area contributed by atoms with Gasteiger partial charge in [-0.3, -0.25) is 9.69 Å². The minimum atomic E-state index is 0.228. The molecule has 116 valence electrons. The first-order chi connectivity index (χ1) is 10.6. The molecular formula is C17H22N4O. The fraction of sp³-hybridized carbons (Fsp3) is 0.471. The molecule has 1 aliphatic heterocycles. The number of aromatic nitrogens is 3. The van der Waals surface area contributed by atoms with Gasteiger partial charge in [0, 0.05) is 25.1 Å². The van der Waals surface area contributed by atoms with Gasteiger partial charge in [-0.2, -0.15) is 0 Å². The topological polar surface area (TPSA) is 51.0 Å². The lowest BCUT2D eigenvalue weighted by molar-refractivity contribution is 0.0937. The summed E-state index contributed by atoms with van der Waals surface area (Å²) in [6, 6.07) is 9.88. The normalized spacial score (nSPS) is 18.7. The summed E-state index contributed by atoms with van der Waals surface area (Å²) in [5.41, 5.74) is 0.809. The predicted molar refractivity (Wildman–Crippen MR) is 84.6 cm³/mol. The van der Waals surface area contributed by atoms with E-state index < -0.39 is 0 Å². The Labute approximate surface area is 131 Å². The van der Waals surface area contributed by atoms with Crippen molar-refractivity contribution >= 4 is 5.78 Å². The molecule has 2 heterocycles. The van der Waals surface area contributed by atoms with Crippen molar-refractivity contribution < 1.29 is 4.79 Å². The molecule has 0 N–H and O–H groups in total. The summed E-state index contributed by atoms with van der Waals surface area (Å²) in [5, 5.41) is 8.35. The zero-order chi connectivity index (χ0) is 15.5. The van der Waals surface area contributed by atoms with Gasteiger partial charge in [0.1, 0.15) is 11.6 Å². The lowest BCUT2D eigenvalue weighted by atomic mass is 10.0. The van der Waals surface area contributed by atoms with Gasteiger partial charge < -0.3 is 4.57 Å². The van der Waals surface area contributed by atoms with Gasteiger partial charge in [0.25, 0.3) is 0 Å². The zero-order valence-corrected chi connectivity index (χ0v) is 13.2. The number of likely N-dealkylation sites (tertiary alicyclic amines) is 1. The van der Waals surface area contributed by atoms with E-state index in [4.69, 9.17) is 0 Å². The standard InChI is InChI=1S/C17H22N4O/c1-13-18-19-17(20(13)2)12-21-10-6-9-15(21)11-16(22)14-7-4-3-5-8-14/h3-5,7-8,15H,6,9-12H2,1-2H3. The third-order valence-corrected chi connectivity index (χ3v) is 4.54. The molecule has 0 bridgehead atoms. The number of benzene rings is 1. The van der Waals surface area contributed by atoms with Crippen molar-refractivity contribution in [2.45, 2.75) is 38.8 Å². The van der Waals surface area contributed by atoms with Crippen molar-refractivity contribution in [1.29, 1.82) is 0 Å². The van der Waals surface area contributed by atoms with Gasteiger partial charge in [0.05, 0.1) is 6.54 Å². The summed E-state index contributed by atoms with van der Waals surface area (Å²) in [6.07, 6.45) is 2.81. The maximum atomic E-state index is 12.4. The van der Waals surface area contributed by atoms with Crippen LogP contribution in [-0.2, 0) is 13.6 Å². The van der Waals surface area contributed by atoms with Crippen LogP contribution in [0.5, 0.6) is 0 Å². The van der Waals surface area contributed by atoms with E-state index >= 15 is 0 Å². The Bertz CT molecular complexity index is 650. The molecule has 1 aromatic heterocycles. The largest absolute Gasteiger partial charge is 0.317 e.